The summed E-state index contributed by atoms with van der Waals surface area (Å²) >= 11 is 0. The van der Waals surface area contributed by atoms with E-state index < -0.39 is 18.2 Å². The number of rotatable bonds is 43. The lowest BCUT2D eigenvalue weighted by Gasteiger charge is -2.24. The molecule has 0 aromatic rings. The van der Waals surface area contributed by atoms with Crippen molar-refractivity contribution in [2.24, 2.45) is 0 Å². The summed E-state index contributed by atoms with van der Waals surface area (Å²) in [5, 5.41) is 23.7. The average molecular weight is 848 g/mol. The van der Waals surface area contributed by atoms with E-state index in [4.69, 9.17) is 4.74 Å². The molecule has 0 saturated heterocycles. The molecule has 0 aromatic heterocycles. The fraction of sp³-hybridized carbons (Fsp3) is 0.673. The zero-order valence-corrected chi connectivity index (χ0v) is 39.5. The van der Waals surface area contributed by atoms with E-state index in [0.717, 1.165) is 96.3 Å². The number of amides is 1. The first kappa shape index (κ1) is 57.8. The van der Waals surface area contributed by atoms with Crippen molar-refractivity contribution >= 4 is 11.9 Å². The predicted molar refractivity (Wildman–Crippen MR) is 264 cm³/mol. The molecule has 0 spiro atoms. The number of allylic oxidation sites excluding steroid dienone is 16. The number of carbonyl (C=O) groups is 2. The second-order valence-corrected chi connectivity index (χ2v) is 16.5. The van der Waals surface area contributed by atoms with E-state index in [1.165, 1.54) is 64.2 Å². The third kappa shape index (κ3) is 43.2. The summed E-state index contributed by atoms with van der Waals surface area (Å²) in [5.74, 6) is -0.603. The van der Waals surface area contributed by atoms with Gasteiger partial charge in [-0.1, -0.05) is 208 Å². The molecule has 0 rings (SSSR count). The number of aliphatic hydroxyl groups excluding tert-OH is 2. The third-order valence-corrected chi connectivity index (χ3v) is 10.7. The monoisotopic (exact) mass is 848 g/mol. The first-order valence-electron chi connectivity index (χ1n) is 25.0. The second kappa shape index (κ2) is 47.8. The quantitative estimate of drug-likeness (QED) is 0.0246. The predicted octanol–water partition coefficient (Wildman–Crippen LogP) is 14.9. The highest BCUT2D eigenvalue weighted by Gasteiger charge is 2.24. The maximum atomic E-state index is 13.2. The number of hydrogen-bond acceptors (Lipinski definition) is 5. The Kier molecular flexibility index (Phi) is 45.3. The lowest BCUT2D eigenvalue weighted by molar-refractivity contribution is -0.150. The Labute approximate surface area is 376 Å². The van der Waals surface area contributed by atoms with Crippen LogP contribution in [0.3, 0.4) is 0 Å². The summed E-state index contributed by atoms with van der Waals surface area (Å²) in [7, 11) is 0. The van der Waals surface area contributed by atoms with Crippen LogP contribution in [-0.4, -0.2) is 46.9 Å². The van der Waals surface area contributed by atoms with Crippen molar-refractivity contribution in [2.75, 3.05) is 6.61 Å². The van der Waals surface area contributed by atoms with Crippen molar-refractivity contribution in [3.63, 3.8) is 0 Å². The summed E-state index contributed by atoms with van der Waals surface area (Å²) in [4.78, 5) is 26.1. The van der Waals surface area contributed by atoms with Crippen molar-refractivity contribution in [1.82, 2.24) is 5.32 Å². The highest BCUT2D eigenvalue weighted by Crippen LogP contribution is 2.16. The molecule has 6 nitrogen and oxygen atoms in total. The number of ether oxygens (including phenoxy) is 1. The standard InChI is InChI=1S/C55H93NO5/c1-4-7-10-13-16-19-22-24-25-26-27-28-29-31-33-36-39-42-45-48-55(60)61-51(46-43-40-37-34-32-30-23-20-17-14-11-8-5-2)49-54(59)56-52(50-57)53(58)47-44-41-38-35-21-18-15-12-9-6-3/h7,10,16-17,19-20,23-25,27-28,30-31,33,39,42,51-53,57-58H,4-6,8-9,11-15,18,21-22,26,29,32,34-38,40-41,43-50H2,1-3H3,(H,56,59)/b10-7-,19-16-,20-17+,25-24-,28-27-,30-23+,33-31-,42-39-. The average Bonchev–Trinajstić information content (AvgIpc) is 3.25. The largest absolute Gasteiger partial charge is 0.462 e. The van der Waals surface area contributed by atoms with Gasteiger partial charge in [0.25, 0.3) is 0 Å². The maximum Gasteiger partial charge on any atom is 0.306 e. The molecular weight excluding hydrogens is 755 g/mol. The van der Waals surface area contributed by atoms with Crippen molar-refractivity contribution in [3.05, 3.63) is 97.2 Å². The van der Waals surface area contributed by atoms with Gasteiger partial charge in [-0.05, 0) is 89.9 Å². The molecule has 0 aliphatic rings. The molecule has 0 bridgehead atoms. The van der Waals surface area contributed by atoms with Gasteiger partial charge >= 0.3 is 5.97 Å². The molecule has 0 aliphatic carbocycles. The molecule has 3 unspecified atom stereocenters. The van der Waals surface area contributed by atoms with E-state index in [1.54, 1.807) is 0 Å². The zero-order valence-electron chi connectivity index (χ0n) is 39.5. The van der Waals surface area contributed by atoms with Gasteiger partial charge in [-0.3, -0.25) is 9.59 Å². The molecule has 348 valence electrons. The van der Waals surface area contributed by atoms with Gasteiger partial charge in [0.15, 0.2) is 0 Å². The Morgan fingerprint density at radius 1 is 0.508 bits per heavy atom. The molecule has 0 fully saturated rings. The van der Waals surface area contributed by atoms with Gasteiger partial charge in [-0.2, -0.15) is 0 Å². The molecule has 0 saturated carbocycles. The highest BCUT2D eigenvalue weighted by atomic mass is 16.5. The first-order chi connectivity index (χ1) is 30.0. The molecule has 0 radical (unpaired) electrons. The summed E-state index contributed by atoms with van der Waals surface area (Å²) in [6.07, 6.45) is 63.3. The van der Waals surface area contributed by atoms with Crippen LogP contribution in [0.15, 0.2) is 97.2 Å². The molecular formula is C55H93NO5. The van der Waals surface area contributed by atoms with Gasteiger partial charge in [0, 0.05) is 6.42 Å². The lowest BCUT2D eigenvalue weighted by Crippen LogP contribution is -2.46. The maximum absolute atomic E-state index is 13.2. The van der Waals surface area contributed by atoms with Crippen LogP contribution in [0.2, 0.25) is 0 Å². The Bertz CT molecular complexity index is 1220. The van der Waals surface area contributed by atoms with Gasteiger partial charge < -0.3 is 20.3 Å². The minimum absolute atomic E-state index is 0.0282. The number of unbranched alkanes of at least 4 members (excludes halogenated alkanes) is 16. The second-order valence-electron chi connectivity index (χ2n) is 16.5. The summed E-state index contributed by atoms with van der Waals surface area (Å²) in [6, 6.07) is -0.727. The van der Waals surface area contributed by atoms with Crippen LogP contribution in [0, 0.1) is 0 Å². The first-order valence-corrected chi connectivity index (χ1v) is 25.0. The zero-order chi connectivity index (χ0) is 44.5. The Balaban J connectivity index is 4.74. The van der Waals surface area contributed by atoms with Crippen LogP contribution in [-0.2, 0) is 14.3 Å². The molecule has 0 aliphatic heterocycles. The number of aliphatic hydroxyl groups is 2. The molecule has 61 heavy (non-hydrogen) atoms. The van der Waals surface area contributed by atoms with Crippen molar-refractivity contribution < 1.29 is 24.5 Å². The Morgan fingerprint density at radius 2 is 0.934 bits per heavy atom. The highest BCUT2D eigenvalue weighted by molar-refractivity contribution is 5.77. The molecule has 3 atom stereocenters. The Hall–Kier alpha value is -3.22. The summed E-state index contributed by atoms with van der Waals surface area (Å²) in [5.41, 5.74) is 0. The van der Waals surface area contributed by atoms with Gasteiger partial charge in [0.2, 0.25) is 5.91 Å². The number of carbonyl (C=O) groups excluding carboxylic acids is 2. The number of esters is 1. The fourth-order valence-corrected chi connectivity index (χ4v) is 6.92. The third-order valence-electron chi connectivity index (χ3n) is 10.7. The summed E-state index contributed by atoms with van der Waals surface area (Å²) < 4.78 is 5.87. The van der Waals surface area contributed by atoms with Crippen LogP contribution in [0.4, 0.5) is 0 Å². The summed E-state index contributed by atoms with van der Waals surface area (Å²) in [6.45, 7) is 6.29. The van der Waals surface area contributed by atoms with Crippen LogP contribution in [0.1, 0.15) is 213 Å². The topological polar surface area (TPSA) is 95.9 Å². The minimum Gasteiger partial charge on any atom is -0.462 e. The SMILES string of the molecule is CC/C=C\C/C=C\C/C=C\C/C=C\C/C=C\C/C=C\CCC(=O)OC(CCCCCC/C=C/C=C/CCCCC)CC(=O)NC(CO)C(O)CCCCCCCCCCCC. The van der Waals surface area contributed by atoms with Crippen molar-refractivity contribution in [2.45, 2.75) is 232 Å². The lowest BCUT2D eigenvalue weighted by atomic mass is 10.0. The van der Waals surface area contributed by atoms with E-state index in [9.17, 15) is 19.8 Å². The van der Waals surface area contributed by atoms with E-state index in [-0.39, 0.29) is 31.3 Å². The molecule has 0 aromatic carbocycles. The van der Waals surface area contributed by atoms with E-state index in [0.29, 0.717) is 19.3 Å². The fourth-order valence-electron chi connectivity index (χ4n) is 6.92. The van der Waals surface area contributed by atoms with Gasteiger partial charge in [0.05, 0.1) is 25.2 Å². The molecule has 3 N–H and O–H groups in total. The van der Waals surface area contributed by atoms with Crippen LogP contribution in [0.5, 0.6) is 0 Å². The van der Waals surface area contributed by atoms with Gasteiger partial charge in [-0.25, -0.2) is 0 Å². The molecule has 1 amide bonds. The van der Waals surface area contributed by atoms with Crippen LogP contribution in [0.25, 0.3) is 0 Å². The number of hydrogen-bond donors (Lipinski definition) is 3. The van der Waals surface area contributed by atoms with E-state index in [1.807, 2.05) is 6.08 Å². The molecule has 6 heteroatoms. The van der Waals surface area contributed by atoms with Crippen LogP contribution >= 0.6 is 0 Å². The number of nitrogens with one attached hydrogen (secondary N) is 1. The van der Waals surface area contributed by atoms with Crippen molar-refractivity contribution in [1.29, 1.82) is 0 Å². The molecule has 0 heterocycles. The van der Waals surface area contributed by atoms with Gasteiger partial charge in [0.1, 0.15) is 6.10 Å². The van der Waals surface area contributed by atoms with Crippen LogP contribution < -0.4 is 5.32 Å². The Morgan fingerprint density at radius 3 is 1.44 bits per heavy atom. The van der Waals surface area contributed by atoms with Gasteiger partial charge in [-0.15, -0.1) is 0 Å². The normalized spacial score (nSPS) is 14.1. The van der Waals surface area contributed by atoms with Crippen molar-refractivity contribution in [3.8, 4) is 0 Å². The smallest absolute Gasteiger partial charge is 0.306 e. The van der Waals surface area contributed by atoms with E-state index in [2.05, 4.69) is 117 Å². The minimum atomic E-state index is -0.809. The van der Waals surface area contributed by atoms with E-state index >= 15 is 0 Å².